The van der Waals surface area contributed by atoms with Crippen molar-refractivity contribution < 1.29 is 19.8 Å². The summed E-state index contributed by atoms with van der Waals surface area (Å²) in [5.41, 5.74) is 1.70. The summed E-state index contributed by atoms with van der Waals surface area (Å²) in [6.07, 6.45) is 3.37. The van der Waals surface area contributed by atoms with Gasteiger partial charge in [-0.15, -0.1) is 0 Å². The number of hydrogen-bond donors (Lipinski definition) is 2. The van der Waals surface area contributed by atoms with Crippen molar-refractivity contribution in [3.05, 3.63) is 34.4 Å². The average molecular weight is 320 g/mol. The SMILES string of the molecule is CCc1c(CCC(C)CC(C)(C)C)ccc(C(=O)O)c1C(=O)O. The van der Waals surface area contributed by atoms with Crippen molar-refractivity contribution in [2.45, 2.75) is 60.3 Å². The van der Waals surface area contributed by atoms with Crippen LogP contribution < -0.4 is 0 Å². The van der Waals surface area contributed by atoms with Crippen molar-refractivity contribution in [3.8, 4) is 0 Å². The second-order valence-corrected chi connectivity index (χ2v) is 7.50. The number of aromatic carboxylic acids is 2. The molecular weight excluding hydrogens is 292 g/mol. The van der Waals surface area contributed by atoms with Crippen LogP contribution >= 0.6 is 0 Å². The Balaban J connectivity index is 3.06. The molecule has 4 heteroatoms. The summed E-state index contributed by atoms with van der Waals surface area (Å²) in [5.74, 6) is -1.82. The van der Waals surface area contributed by atoms with E-state index in [2.05, 4.69) is 27.7 Å². The lowest BCUT2D eigenvalue weighted by Gasteiger charge is -2.23. The smallest absolute Gasteiger partial charge is 0.336 e. The van der Waals surface area contributed by atoms with Gasteiger partial charge in [-0.2, -0.15) is 0 Å². The van der Waals surface area contributed by atoms with Crippen LogP contribution in [0.5, 0.6) is 0 Å². The number of hydrogen-bond acceptors (Lipinski definition) is 2. The van der Waals surface area contributed by atoms with Gasteiger partial charge in [-0.05, 0) is 54.2 Å². The van der Waals surface area contributed by atoms with Gasteiger partial charge in [-0.3, -0.25) is 0 Å². The van der Waals surface area contributed by atoms with Crippen LogP contribution in [0.3, 0.4) is 0 Å². The predicted octanol–water partition coefficient (Wildman–Crippen LogP) is 4.65. The molecule has 2 N–H and O–H groups in total. The maximum absolute atomic E-state index is 11.5. The highest BCUT2D eigenvalue weighted by Gasteiger charge is 2.22. The third-order valence-electron chi connectivity index (χ3n) is 4.08. The fourth-order valence-corrected chi connectivity index (χ4v) is 3.30. The molecule has 0 bridgehead atoms. The Morgan fingerprint density at radius 1 is 1.13 bits per heavy atom. The van der Waals surface area contributed by atoms with Gasteiger partial charge in [-0.1, -0.05) is 40.7 Å². The lowest BCUT2D eigenvalue weighted by molar-refractivity contribution is 0.0650. The normalized spacial score (nSPS) is 12.9. The highest BCUT2D eigenvalue weighted by atomic mass is 16.4. The van der Waals surface area contributed by atoms with Crippen LogP contribution in [0.2, 0.25) is 0 Å². The molecule has 0 aromatic heterocycles. The molecule has 1 aromatic rings. The van der Waals surface area contributed by atoms with Crippen molar-refractivity contribution >= 4 is 11.9 Å². The summed E-state index contributed by atoms with van der Waals surface area (Å²) in [5, 5.41) is 18.6. The van der Waals surface area contributed by atoms with Gasteiger partial charge in [0.25, 0.3) is 0 Å². The van der Waals surface area contributed by atoms with Crippen LogP contribution in [0.1, 0.15) is 79.3 Å². The zero-order chi connectivity index (χ0) is 17.8. The van der Waals surface area contributed by atoms with Crippen molar-refractivity contribution in [2.75, 3.05) is 0 Å². The van der Waals surface area contributed by atoms with Crippen LogP contribution in [-0.4, -0.2) is 22.2 Å². The molecule has 4 nitrogen and oxygen atoms in total. The van der Waals surface area contributed by atoms with E-state index in [0.717, 1.165) is 24.8 Å². The van der Waals surface area contributed by atoms with Gasteiger partial charge in [0.15, 0.2) is 0 Å². The molecule has 23 heavy (non-hydrogen) atoms. The number of benzene rings is 1. The van der Waals surface area contributed by atoms with Gasteiger partial charge >= 0.3 is 11.9 Å². The predicted molar refractivity (Wildman–Crippen MR) is 91.3 cm³/mol. The molecular formula is C19H28O4. The second-order valence-electron chi connectivity index (χ2n) is 7.50. The molecule has 0 aliphatic carbocycles. The van der Waals surface area contributed by atoms with E-state index in [-0.39, 0.29) is 16.5 Å². The average Bonchev–Trinajstić information content (AvgIpc) is 2.41. The highest BCUT2D eigenvalue weighted by Crippen LogP contribution is 2.28. The van der Waals surface area contributed by atoms with E-state index in [1.807, 2.05) is 6.92 Å². The van der Waals surface area contributed by atoms with Crippen LogP contribution in [0.15, 0.2) is 12.1 Å². The summed E-state index contributed by atoms with van der Waals surface area (Å²) in [7, 11) is 0. The number of carboxylic acids is 2. The standard InChI is InChI=1S/C19H28O4/c1-6-14-13(8-7-12(2)11-19(3,4)5)9-10-15(17(20)21)16(14)18(22)23/h9-10,12H,6-8,11H2,1-5H3,(H,20,21)(H,22,23). The van der Waals surface area contributed by atoms with E-state index in [1.165, 1.54) is 6.07 Å². The van der Waals surface area contributed by atoms with Gasteiger partial charge in [0.1, 0.15) is 0 Å². The molecule has 0 saturated carbocycles. The molecule has 1 rings (SSSR count). The van der Waals surface area contributed by atoms with Crippen molar-refractivity contribution in [1.82, 2.24) is 0 Å². The Morgan fingerprint density at radius 2 is 1.74 bits per heavy atom. The van der Waals surface area contributed by atoms with Crippen LogP contribution in [0, 0.1) is 11.3 Å². The topological polar surface area (TPSA) is 74.6 Å². The number of aryl methyl sites for hydroxylation is 1. The van der Waals surface area contributed by atoms with Gasteiger partial charge in [-0.25, -0.2) is 9.59 Å². The minimum atomic E-state index is -1.19. The first kappa shape index (κ1) is 19.2. The number of carboxylic acid groups (broad SMARTS) is 2. The number of rotatable bonds is 7. The lowest BCUT2D eigenvalue weighted by atomic mass is 9.82. The van der Waals surface area contributed by atoms with Crippen LogP contribution in [0.25, 0.3) is 0 Å². The lowest BCUT2D eigenvalue weighted by Crippen LogP contribution is -2.15. The molecule has 128 valence electrons. The summed E-state index contributed by atoms with van der Waals surface area (Å²) in [6.45, 7) is 10.7. The third kappa shape index (κ3) is 5.38. The van der Waals surface area contributed by atoms with Gasteiger partial charge in [0.2, 0.25) is 0 Å². The first-order chi connectivity index (χ1) is 10.6. The summed E-state index contributed by atoms with van der Waals surface area (Å²) >= 11 is 0. The largest absolute Gasteiger partial charge is 0.478 e. The molecule has 0 radical (unpaired) electrons. The summed E-state index contributed by atoms with van der Waals surface area (Å²) < 4.78 is 0. The van der Waals surface area contributed by atoms with Gasteiger partial charge in [0, 0.05) is 0 Å². The van der Waals surface area contributed by atoms with Crippen molar-refractivity contribution in [3.63, 3.8) is 0 Å². The van der Waals surface area contributed by atoms with E-state index in [4.69, 9.17) is 0 Å². The minimum absolute atomic E-state index is 0.0547. The molecule has 1 atom stereocenters. The molecule has 1 aromatic carbocycles. The van der Waals surface area contributed by atoms with Crippen LogP contribution in [-0.2, 0) is 12.8 Å². The Kier molecular flexibility index (Phi) is 6.37. The molecule has 0 aliphatic rings. The summed E-state index contributed by atoms with van der Waals surface area (Å²) in [6, 6.07) is 3.20. The maximum Gasteiger partial charge on any atom is 0.336 e. The highest BCUT2D eigenvalue weighted by molar-refractivity contribution is 6.03. The summed E-state index contributed by atoms with van der Waals surface area (Å²) in [4.78, 5) is 22.8. The molecule has 0 spiro atoms. The molecule has 0 heterocycles. The van der Waals surface area contributed by atoms with E-state index in [9.17, 15) is 19.8 Å². The monoisotopic (exact) mass is 320 g/mol. The Bertz CT molecular complexity index is 582. The molecule has 0 amide bonds. The molecule has 0 aliphatic heterocycles. The first-order valence-electron chi connectivity index (χ1n) is 8.18. The fourth-order valence-electron chi connectivity index (χ4n) is 3.30. The van der Waals surface area contributed by atoms with E-state index < -0.39 is 11.9 Å². The second kappa shape index (κ2) is 7.62. The van der Waals surface area contributed by atoms with Crippen molar-refractivity contribution in [1.29, 1.82) is 0 Å². The third-order valence-corrected chi connectivity index (χ3v) is 4.08. The van der Waals surface area contributed by atoms with Gasteiger partial charge < -0.3 is 10.2 Å². The molecule has 1 unspecified atom stereocenters. The minimum Gasteiger partial charge on any atom is -0.478 e. The van der Waals surface area contributed by atoms with E-state index in [0.29, 0.717) is 17.9 Å². The van der Waals surface area contributed by atoms with Crippen LogP contribution in [0.4, 0.5) is 0 Å². The maximum atomic E-state index is 11.5. The van der Waals surface area contributed by atoms with E-state index >= 15 is 0 Å². The zero-order valence-electron chi connectivity index (χ0n) is 14.8. The first-order valence-corrected chi connectivity index (χ1v) is 8.18. The van der Waals surface area contributed by atoms with Crippen molar-refractivity contribution in [2.24, 2.45) is 11.3 Å². The Labute approximate surface area is 138 Å². The van der Waals surface area contributed by atoms with Gasteiger partial charge in [0.05, 0.1) is 11.1 Å². The Hall–Kier alpha value is -1.84. The number of carbonyl (C=O) groups is 2. The molecule has 0 fully saturated rings. The molecule has 0 saturated heterocycles. The fraction of sp³-hybridized carbons (Fsp3) is 0.579. The van der Waals surface area contributed by atoms with E-state index in [1.54, 1.807) is 6.07 Å². The zero-order valence-corrected chi connectivity index (χ0v) is 14.8. The Morgan fingerprint density at radius 3 is 2.17 bits per heavy atom. The quantitative estimate of drug-likeness (QED) is 0.767.